The summed E-state index contributed by atoms with van der Waals surface area (Å²) in [5, 5.41) is 17.3. The average molecular weight is 223 g/mol. The van der Waals surface area contributed by atoms with Gasteiger partial charge in [0.05, 0.1) is 19.3 Å². The molecule has 0 fully saturated rings. The minimum Gasteiger partial charge on any atom is -0.490 e. The van der Waals surface area contributed by atoms with Crippen LogP contribution < -0.4 is 4.74 Å². The Balaban J connectivity index is 2.50. The molecule has 0 saturated carbocycles. The normalized spacial score (nSPS) is 9.81. The molecule has 0 saturated heterocycles. The fraction of sp³-hybridized carbons (Fsp3) is 0.417. The van der Waals surface area contributed by atoms with Gasteiger partial charge >= 0.3 is 0 Å². The smallest absolute Gasteiger partial charge is 0.165 e. The molecule has 3 nitrogen and oxygen atoms in total. The maximum Gasteiger partial charge on any atom is 0.165 e. The summed E-state index contributed by atoms with van der Waals surface area (Å²) in [6.45, 7) is 0.112. The zero-order valence-electron chi connectivity index (χ0n) is 8.95. The van der Waals surface area contributed by atoms with Gasteiger partial charge < -0.3 is 9.84 Å². The molecule has 1 aromatic rings. The quantitative estimate of drug-likeness (QED) is 0.753. The summed E-state index contributed by atoms with van der Waals surface area (Å²) >= 11 is 0. The third-order valence-electron chi connectivity index (χ3n) is 2.15. The van der Waals surface area contributed by atoms with Crippen molar-refractivity contribution in [2.75, 3.05) is 6.61 Å². The topological polar surface area (TPSA) is 53.2 Å². The predicted octanol–water partition coefficient (Wildman–Crippen LogP) is 2.39. The largest absolute Gasteiger partial charge is 0.490 e. The summed E-state index contributed by atoms with van der Waals surface area (Å²) in [5.74, 6) is -0.353. The molecular weight excluding hydrogens is 209 g/mol. The summed E-state index contributed by atoms with van der Waals surface area (Å²) in [5.41, 5.74) is 0.445. The lowest BCUT2D eigenvalue weighted by Crippen LogP contribution is -2.02. The van der Waals surface area contributed by atoms with Crippen molar-refractivity contribution in [3.8, 4) is 11.8 Å². The molecular formula is C12H14FNO2. The van der Waals surface area contributed by atoms with E-state index in [1.807, 2.05) is 6.07 Å². The second-order valence-corrected chi connectivity index (χ2v) is 3.35. The number of hydrogen-bond donors (Lipinski definition) is 1. The standard InChI is InChI=1S/C12H14FNO2/c13-11-6-4-5-10(9-15)12(11)16-8-3-1-2-7-14/h4-6,15H,1-3,8-9H2. The number of hydrogen-bond acceptors (Lipinski definition) is 3. The van der Waals surface area contributed by atoms with E-state index < -0.39 is 5.82 Å². The van der Waals surface area contributed by atoms with Crippen LogP contribution in [0.2, 0.25) is 0 Å². The van der Waals surface area contributed by atoms with Crippen molar-refractivity contribution in [2.24, 2.45) is 0 Å². The van der Waals surface area contributed by atoms with E-state index in [0.717, 1.165) is 6.42 Å². The molecule has 0 amide bonds. The Morgan fingerprint density at radius 1 is 1.38 bits per heavy atom. The van der Waals surface area contributed by atoms with Crippen molar-refractivity contribution in [1.82, 2.24) is 0 Å². The van der Waals surface area contributed by atoms with E-state index in [2.05, 4.69) is 0 Å². The third-order valence-corrected chi connectivity index (χ3v) is 2.15. The second kappa shape index (κ2) is 6.81. The van der Waals surface area contributed by atoms with Crippen molar-refractivity contribution < 1.29 is 14.2 Å². The first-order valence-electron chi connectivity index (χ1n) is 5.17. The van der Waals surface area contributed by atoms with Gasteiger partial charge in [0, 0.05) is 12.0 Å². The third kappa shape index (κ3) is 3.52. The molecule has 0 aliphatic rings. The molecule has 0 aliphatic heterocycles. The van der Waals surface area contributed by atoms with Crippen molar-refractivity contribution in [2.45, 2.75) is 25.9 Å². The maximum absolute atomic E-state index is 13.3. The molecule has 0 heterocycles. The van der Waals surface area contributed by atoms with E-state index in [1.165, 1.54) is 12.1 Å². The fourth-order valence-corrected chi connectivity index (χ4v) is 1.32. The number of benzene rings is 1. The number of aliphatic hydroxyl groups excluding tert-OH is 1. The zero-order valence-corrected chi connectivity index (χ0v) is 8.95. The Morgan fingerprint density at radius 2 is 2.19 bits per heavy atom. The molecule has 0 aliphatic carbocycles. The lowest BCUT2D eigenvalue weighted by atomic mass is 10.2. The van der Waals surface area contributed by atoms with Gasteiger partial charge in [0.25, 0.3) is 0 Å². The highest BCUT2D eigenvalue weighted by atomic mass is 19.1. The van der Waals surface area contributed by atoms with Crippen LogP contribution in [0.15, 0.2) is 18.2 Å². The monoisotopic (exact) mass is 223 g/mol. The number of ether oxygens (including phenoxy) is 1. The van der Waals surface area contributed by atoms with E-state index in [1.54, 1.807) is 6.07 Å². The van der Waals surface area contributed by atoms with Gasteiger partial charge in [0.2, 0.25) is 0 Å². The van der Waals surface area contributed by atoms with Crippen LogP contribution in [0.3, 0.4) is 0 Å². The summed E-state index contributed by atoms with van der Waals surface area (Å²) in [4.78, 5) is 0. The van der Waals surface area contributed by atoms with Gasteiger partial charge in [-0.05, 0) is 18.9 Å². The molecule has 4 heteroatoms. The number of unbranched alkanes of at least 4 members (excludes halogenated alkanes) is 2. The lowest BCUT2D eigenvalue weighted by molar-refractivity contribution is 0.253. The molecule has 0 unspecified atom stereocenters. The highest BCUT2D eigenvalue weighted by Gasteiger charge is 2.08. The van der Waals surface area contributed by atoms with Gasteiger partial charge in [0.15, 0.2) is 11.6 Å². The van der Waals surface area contributed by atoms with Crippen LogP contribution in [-0.2, 0) is 6.61 Å². The maximum atomic E-state index is 13.3. The molecule has 16 heavy (non-hydrogen) atoms. The zero-order chi connectivity index (χ0) is 11.8. The molecule has 1 aromatic carbocycles. The summed E-state index contributed by atoms with van der Waals surface area (Å²) in [6.07, 6.45) is 1.92. The molecule has 0 atom stereocenters. The van der Waals surface area contributed by atoms with Crippen molar-refractivity contribution in [1.29, 1.82) is 5.26 Å². The molecule has 0 aromatic heterocycles. The number of halogens is 1. The molecule has 1 N–H and O–H groups in total. The first-order chi connectivity index (χ1) is 7.79. The minimum atomic E-state index is -0.466. The van der Waals surface area contributed by atoms with E-state index >= 15 is 0 Å². The highest BCUT2D eigenvalue weighted by Crippen LogP contribution is 2.22. The summed E-state index contributed by atoms with van der Waals surface area (Å²) in [7, 11) is 0. The van der Waals surface area contributed by atoms with Crippen molar-refractivity contribution in [3.05, 3.63) is 29.6 Å². The molecule has 1 rings (SSSR count). The van der Waals surface area contributed by atoms with Crippen LogP contribution in [-0.4, -0.2) is 11.7 Å². The van der Waals surface area contributed by atoms with Crippen LogP contribution in [0.4, 0.5) is 4.39 Å². The van der Waals surface area contributed by atoms with E-state index in [0.29, 0.717) is 25.0 Å². The Morgan fingerprint density at radius 3 is 2.88 bits per heavy atom. The van der Waals surface area contributed by atoms with Crippen LogP contribution in [0.25, 0.3) is 0 Å². The summed E-state index contributed by atoms with van der Waals surface area (Å²) in [6, 6.07) is 6.48. The minimum absolute atomic E-state index is 0.113. The Bertz CT molecular complexity index is 374. The van der Waals surface area contributed by atoms with Gasteiger partial charge in [-0.15, -0.1) is 0 Å². The Labute approximate surface area is 94.1 Å². The Hall–Kier alpha value is -1.60. The first-order valence-corrected chi connectivity index (χ1v) is 5.17. The van der Waals surface area contributed by atoms with Gasteiger partial charge in [-0.25, -0.2) is 4.39 Å². The molecule has 0 spiro atoms. The highest BCUT2D eigenvalue weighted by molar-refractivity contribution is 5.34. The second-order valence-electron chi connectivity index (χ2n) is 3.35. The summed E-state index contributed by atoms with van der Waals surface area (Å²) < 4.78 is 18.6. The predicted molar refractivity (Wildman–Crippen MR) is 57.3 cm³/mol. The van der Waals surface area contributed by atoms with Gasteiger partial charge in [0.1, 0.15) is 0 Å². The number of rotatable bonds is 6. The van der Waals surface area contributed by atoms with E-state index in [-0.39, 0.29) is 12.4 Å². The average Bonchev–Trinajstić information content (AvgIpc) is 2.30. The van der Waals surface area contributed by atoms with Crippen LogP contribution in [0, 0.1) is 17.1 Å². The van der Waals surface area contributed by atoms with Crippen molar-refractivity contribution in [3.63, 3.8) is 0 Å². The number of para-hydroxylation sites is 1. The van der Waals surface area contributed by atoms with E-state index in [4.69, 9.17) is 15.1 Å². The Kier molecular flexibility index (Phi) is 5.30. The van der Waals surface area contributed by atoms with E-state index in [9.17, 15) is 4.39 Å². The van der Waals surface area contributed by atoms with Crippen LogP contribution >= 0.6 is 0 Å². The van der Waals surface area contributed by atoms with Gasteiger partial charge in [-0.2, -0.15) is 5.26 Å². The lowest BCUT2D eigenvalue weighted by Gasteiger charge is -2.10. The molecule has 0 bridgehead atoms. The number of nitriles is 1. The van der Waals surface area contributed by atoms with Crippen LogP contribution in [0.5, 0.6) is 5.75 Å². The molecule has 0 radical (unpaired) electrons. The fourth-order valence-electron chi connectivity index (χ4n) is 1.32. The van der Waals surface area contributed by atoms with Crippen LogP contribution in [0.1, 0.15) is 24.8 Å². The van der Waals surface area contributed by atoms with Gasteiger partial charge in [-0.1, -0.05) is 12.1 Å². The van der Waals surface area contributed by atoms with Crippen molar-refractivity contribution >= 4 is 0 Å². The SMILES string of the molecule is N#CCCCCOc1c(F)cccc1CO. The first kappa shape index (κ1) is 12.5. The molecule has 86 valence electrons. The number of aliphatic hydroxyl groups is 1. The number of nitrogens with zero attached hydrogens (tertiary/aromatic N) is 1. The van der Waals surface area contributed by atoms with Gasteiger partial charge in [-0.3, -0.25) is 0 Å².